The Morgan fingerprint density at radius 1 is 1.25 bits per heavy atom. The zero-order valence-corrected chi connectivity index (χ0v) is 14.9. The second kappa shape index (κ2) is 6.36. The highest BCUT2D eigenvalue weighted by Gasteiger charge is 2.47. The highest BCUT2D eigenvalue weighted by molar-refractivity contribution is 4.97. The third-order valence-corrected chi connectivity index (χ3v) is 6.06. The zero-order valence-electron chi connectivity index (χ0n) is 14.9. The van der Waals surface area contributed by atoms with E-state index in [0.29, 0.717) is 17.3 Å². The van der Waals surface area contributed by atoms with Crippen molar-refractivity contribution >= 4 is 0 Å². The summed E-state index contributed by atoms with van der Waals surface area (Å²) in [6, 6.07) is 0. The number of nitrogens with two attached hydrogens (primary N) is 2. The maximum atomic E-state index is 6.08. The van der Waals surface area contributed by atoms with Crippen molar-refractivity contribution in [3.63, 3.8) is 0 Å². The lowest BCUT2D eigenvalue weighted by molar-refractivity contribution is 0.118. The molecule has 0 bridgehead atoms. The van der Waals surface area contributed by atoms with Crippen LogP contribution in [0, 0.1) is 35.0 Å². The summed E-state index contributed by atoms with van der Waals surface area (Å²) in [7, 11) is 0. The molecule has 0 heterocycles. The fourth-order valence-electron chi connectivity index (χ4n) is 4.99. The van der Waals surface area contributed by atoms with E-state index in [0.717, 1.165) is 24.2 Å². The first-order chi connectivity index (χ1) is 9.00. The number of rotatable bonds is 6. The lowest BCUT2D eigenvalue weighted by Gasteiger charge is -2.38. The highest BCUT2D eigenvalue weighted by Crippen LogP contribution is 2.55. The Bertz CT molecular complexity index is 303. The number of hydrogen-bond acceptors (Lipinski definition) is 2. The van der Waals surface area contributed by atoms with Crippen LogP contribution in [0.15, 0.2) is 0 Å². The topological polar surface area (TPSA) is 52.0 Å². The Hall–Kier alpha value is -0.0800. The number of hydrogen-bond donors (Lipinski definition) is 2. The third kappa shape index (κ3) is 3.98. The summed E-state index contributed by atoms with van der Waals surface area (Å²) >= 11 is 0. The van der Waals surface area contributed by atoms with Gasteiger partial charge in [0.05, 0.1) is 5.66 Å². The van der Waals surface area contributed by atoms with Crippen molar-refractivity contribution in [3.8, 4) is 0 Å². The maximum absolute atomic E-state index is 6.08. The van der Waals surface area contributed by atoms with Gasteiger partial charge in [-0.2, -0.15) is 0 Å². The Labute approximate surface area is 127 Å². The summed E-state index contributed by atoms with van der Waals surface area (Å²) < 4.78 is 0. The van der Waals surface area contributed by atoms with Gasteiger partial charge in [0.25, 0.3) is 0 Å². The van der Waals surface area contributed by atoms with Crippen LogP contribution in [-0.4, -0.2) is 5.66 Å². The molecule has 0 amide bonds. The summed E-state index contributed by atoms with van der Waals surface area (Å²) in [6.45, 7) is 16.3. The minimum Gasteiger partial charge on any atom is -0.314 e. The van der Waals surface area contributed by atoms with E-state index >= 15 is 0 Å². The van der Waals surface area contributed by atoms with E-state index in [9.17, 15) is 0 Å². The van der Waals surface area contributed by atoms with Crippen molar-refractivity contribution in [1.29, 1.82) is 0 Å². The van der Waals surface area contributed by atoms with E-state index < -0.39 is 5.66 Å². The van der Waals surface area contributed by atoms with Crippen molar-refractivity contribution in [1.82, 2.24) is 0 Å². The van der Waals surface area contributed by atoms with Crippen molar-refractivity contribution in [2.75, 3.05) is 0 Å². The minimum atomic E-state index is -0.553. The Kier molecular flexibility index (Phi) is 5.71. The third-order valence-electron chi connectivity index (χ3n) is 6.06. The van der Waals surface area contributed by atoms with Crippen LogP contribution in [-0.2, 0) is 0 Å². The van der Waals surface area contributed by atoms with Gasteiger partial charge >= 0.3 is 0 Å². The lowest BCUT2D eigenvalue weighted by atomic mass is 9.69. The molecule has 20 heavy (non-hydrogen) atoms. The molecule has 120 valence electrons. The maximum Gasteiger partial charge on any atom is 0.0633 e. The lowest BCUT2D eigenvalue weighted by Crippen LogP contribution is -2.52. The van der Waals surface area contributed by atoms with Crippen LogP contribution < -0.4 is 11.5 Å². The predicted molar refractivity (Wildman–Crippen MR) is 89.2 cm³/mol. The zero-order chi connectivity index (χ0) is 15.7. The molecule has 0 aromatic heterocycles. The molecule has 0 radical (unpaired) electrons. The standard InChI is InChI=1S/C18H38N2/c1-8-9-15-11-17(5,6)16(14(15)4)12(2)10-13(3)18(7,19)20/h12-16H,8-11,19-20H2,1-7H3. The Morgan fingerprint density at radius 3 is 2.25 bits per heavy atom. The summed E-state index contributed by atoms with van der Waals surface area (Å²) in [5, 5.41) is 0. The molecule has 2 nitrogen and oxygen atoms in total. The van der Waals surface area contributed by atoms with Gasteiger partial charge in [0, 0.05) is 0 Å². The molecule has 1 rings (SSSR count). The molecule has 1 saturated carbocycles. The van der Waals surface area contributed by atoms with Gasteiger partial charge < -0.3 is 11.5 Å². The molecular formula is C18H38N2. The molecular weight excluding hydrogens is 244 g/mol. The van der Waals surface area contributed by atoms with Crippen molar-refractivity contribution in [2.45, 2.75) is 79.8 Å². The van der Waals surface area contributed by atoms with Gasteiger partial charge in [-0.3, -0.25) is 0 Å². The molecule has 1 aliphatic rings. The van der Waals surface area contributed by atoms with Crippen molar-refractivity contribution in [2.24, 2.45) is 46.5 Å². The van der Waals surface area contributed by atoms with E-state index in [-0.39, 0.29) is 0 Å². The first-order valence-electron chi connectivity index (χ1n) is 8.58. The molecule has 4 N–H and O–H groups in total. The highest BCUT2D eigenvalue weighted by atomic mass is 14.9. The molecule has 0 saturated heterocycles. The van der Waals surface area contributed by atoms with E-state index in [2.05, 4.69) is 41.5 Å². The molecule has 5 atom stereocenters. The second-order valence-corrected chi connectivity index (χ2v) is 8.61. The van der Waals surface area contributed by atoms with Gasteiger partial charge in [-0.1, -0.05) is 54.4 Å². The SMILES string of the molecule is CCCC1CC(C)(C)C(C(C)CC(C)C(C)(N)N)C1C. The Balaban J connectivity index is 2.78. The van der Waals surface area contributed by atoms with Crippen LogP contribution in [0.1, 0.15) is 74.1 Å². The molecule has 1 aliphatic carbocycles. The van der Waals surface area contributed by atoms with Crippen LogP contribution in [0.2, 0.25) is 0 Å². The first kappa shape index (κ1) is 18.0. The van der Waals surface area contributed by atoms with E-state index in [4.69, 9.17) is 11.5 Å². The van der Waals surface area contributed by atoms with Gasteiger partial charge in [-0.05, 0) is 54.8 Å². The van der Waals surface area contributed by atoms with E-state index in [1.54, 1.807) is 0 Å². The second-order valence-electron chi connectivity index (χ2n) is 8.61. The smallest absolute Gasteiger partial charge is 0.0633 e. The molecule has 5 unspecified atom stereocenters. The summed E-state index contributed by atoms with van der Waals surface area (Å²) in [5.41, 5.74) is 12.1. The average Bonchev–Trinajstić information content (AvgIpc) is 2.47. The van der Waals surface area contributed by atoms with Gasteiger partial charge in [0.1, 0.15) is 0 Å². The largest absolute Gasteiger partial charge is 0.314 e. The van der Waals surface area contributed by atoms with Gasteiger partial charge in [-0.15, -0.1) is 0 Å². The van der Waals surface area contributed by atoms with Crippen LogP contribution in [0.5, 0.6) is 0 Å². The Morgan fingerprint density at radius 2 is 1.80 bits per heavy atom. The van der Waals surface area contributed by atoms with Gasteiger partial charge in [0.15, 0.2) is 0 Å². The summed E-state index contributed by atoms with van der Waals surface area (Å²) in [4.78, 5) is 0. The quantitative estimate of drug-likeness (QED) is 0.710. The molecule has 0 aliphatic heterocycles. The van der Waals surface area contributed by atoms with Crippen molar-refractivity contribution < 1.29 is 0 Å². The summed E-state index contributed by atoms with van der Waals surface area (Å²) in [5.74, 6) is 3.59. The van der Waals surface area contributed by atoms with Gasteiger partial charge in [0.2, 0.25) is 0 Å². The van der Waals surface area contributed by atoms with Crippen LogP contribution in [0.3, 0.4) is 0 Å². The fraction of sp³-hybridized carbons (Fsp3) is 1.00. The van der Waals surface area contributed by atoms with Crippen LogP contribution in [0.4, 0.5) is 0 Å². The normalized spacial score (nSPS) is 33.1. The van der Waals surface area contributed by atoms with Crippen LogP contribution in [0.25, 0.3) is 0 Å². The first-order valence-corrected chi connectivity index (χ1v) is 8.58. The average molecular weight is 283 g/mol. The monoisotopic (exact) mass is 282 g/mol. The molecule has 0 aromatic carbocycles. The fourth-order valence-corrected chi connectivity index (χ4v) is 4.99. The predicted octanol–water partition coefficient (Wildman–Crippen LogP) is 4.38. The molecule has 0 spiro atoms. The van der Waals surface area contributed by atoms with E-state index in [1.807, 2.05) is 6.92 Å². The minimum absolute atomic E-state index is 0.366. The summed E-state index contributed by atoms with van der Waals surface area (Å²) in [6.07, 6.45) is 5.22. The van der Waals surface area contributed by atoms with E-state index in [1.165, 1.54) is 19.3 Å². The molecule has 2 heteroatoms. The molecule has 1 fully saturated rings. The van der Waals surface area contributed by atoms with Crippen molar-refractivity contribution in [3.05, 3.63) is 0 Å². The molecule has 0 aromatic rings. The van der Waals surface area contributed by atoms with Gasteiger partial charge in [-0.25, -0.2) is 0 Å². The van der Waals surface area contributed by atoms with Crippen LogP contribution >= 0.6 is 0 Å².